The van der Waals surface area contributed by atoms with Crippen LogP contribution >= 0.6 is 0 Å². The summed E-state index contributed by atoms with van der Waals surface area (Å²) in [4.78, 5) is 0. The average molecular weight is 162 g/mol. The normalized spacial score (nSPS) is 13.9. The predicted molar refractivity (Wildman–Crippen MR) is 46.1 cm³/mol. The summed E-state index contributed by atoms with van der Waals surface area (Å²) in [7, 11) is 0. The Bertz CT molecular complexity index is 315. The number of rotatable bonds is 1. The summed E-state index contributed by atoms with van der Waals surface area (Å²) in [5, 5.41) is 0. The molecule has 0 spiro atoms. The van der Waals surface area contributed by atoms with Crippen molar-refractivity contribution >= 4 is 0 Å². The minimum Gasteiger partial charge on any atom is -0.458 e. The Labute approximate surface area is 71.4 Å². The molecule has 1 aliphatic heterocycles. The van der Waals surface area contributed by atoms with Crippen molar-refractivity contribution in [1.29, 1.82) is 0 Å². The van der Waals surface area contributed by atoms with E-state index < -0.39 is 0 Å². The van der Waals surface area contributed by atoms with Crippen LogP contribution in [-0.4, -0.2) is 0 Å². The van der Waals surface area contributed by atoms with E-state index in [0.717, 1.165) is 23.7 Å². The van der Waals surface area contributed by atoms with Crippen LogP contribution < -0.4 is 9.47 Å². The number of benzene rings is 1. The molecule has 0 atom stereocenters. The standard InChI is InChI=1S/C10H10O2/c1-2-8-7-11-9-5-3-4-6-10(9)12-8/h3-7H,2H2,1H3. The summed E-state index contributed by atoms with van der Waals surface area (Å²) in [5.41, 5.74) is 0. The fourth-order valence-electron chi connectivity index (χ4n) is 1.08. The molecule has 0 amide bonds. The molecule has 0 N–H and O–H groups in total. The Balaban J connectivity index is 2.31. The molecule has 0 bridgehead atoms. The topological polar surface area (TPSA) is 18.5 Å². The molecule has 1 aromatic rings. The van der Waals surface area contributed by atoms with Gasteiger partial charge in [-0.25, -0.2) is 0 Å². The molecule has 0 aromatic heterocycles. The van der Waals surface area contributed by atoms with Crippen LogP contribution in [0.2, 0.25) is 0 Å². The van der Waals surface area contributed by atoms with Crippen LogP contribution in [0.15, 0.2) is 36.3 Å². The first-order valence-electron chi connectivity index (χ1n) is 4.02. The zero-order valence-electron chi connectivity index (χ0n) is 6.91. The van der Waals surface area contributed by atoms with Crippen molar-refractivity contribution < 1.29 is 9.47 Å². The van der Waals surface area contributed by atoms with Crippen LogP contribution in [0.1, 0.15) is 13.3 Å². The Morgan fingerprint density at radius 1 is 1.17 bits per heavy atom. The smallest absolute Gasteiger partial charge is 0.169 e. The lowest BCUT2D eigenvalue weighted by molar-refractivity contribution is 0.316. The predicted octanol–water partition coefficient (Wildman–Crippen LogP) is 2.71. The van der Waals surface area contributed by atoms with Gasteiger partial charge in [0.25, 0.3) is 0 Å². The summed E-state index contributed by atoms with van der Waals surface area (Å²) in [6, 6.07) is 7.64. The van der Waals surface area contributed by atoms with E-state index in [1.54, 1.807) is 6.26 Å². The zero-order chi connectivity index (χ0) is 8.39. The number of ether oxygens (including phenoxy) is 2. The van der Waals surface area contributed by atoms with Crippen molar-refractivity contribution in [3.05, 3.63) is 36.3 Å². The molecule has 1 aromatic carbocycles. The molecule has 1 heterocycles. The summed E-state index contributed by atoms with van der Waals surface area (Å²) in [6.45, 7) is 2.03. The number of para-hydroxylation sites is 2. The van der Waals surface area contributed by atoms with Crippen LogP contribution in [0.25, 0.3) is 0 Å². The molecule has 1 aliphatic rings. The van der Waals surface area contributed by atoms with E-state index in [0.29, 0.717) is 0 Å². The van der Waals surface area contributed by atoms with Gasteiger partial charge in [-0.3, -0.25) is 0 Å². The van der Waals surface area contributed by atoms with Crippen LogP contribution in [0.4, 0.5) is 0 Å². The van der Waals surface area contributed by atoms with Gasteiger partial charge in [-0.1, -0.05) is 19.1 Å². The molecular formula is C10H10O2. The van der Waals surface area contributed by atoms with Gasteiger partial charge in [0.15, 0.2) is 11.5 Å². The molecule has 0 saturated heterocycles. The Hall–Kier alpha value is -1.44. The van der Waals surface area contributed by atoms with Crippen molar-refractivity contribution in [2.75, 3.05) is 0 Å². The van der Waals surface area contributed by atoms with Crippen LogP contribution in [0, 0.1) is 0 Å². The number of hydrogen-bond donors (Lipinski definition) is 0. The Morgan fingerprint density at radius 2 is 1.92 bits per heavy atom. The van der Waals surface area contributed by atoms with E-state index in [9.17, 15) is 0 Å². The van der Waals surface area contributed by atoms with Gasteiger partial charge in [0, 0.05) is 6.42 Å². The molecule has 0 saturated carbocycles. The summed E-state index contributed by atoms with van der Waals surface area (Å²) in [6.07, 6.45) is 2.51. The number of hydrogen-bond acceptors (Lipinski definition) is 2. The molecule has 0 aliphatic carbocycles. The molecule has 2 nitrogen and oxygen atoms in total. The lowest BCUT2D eigenvalue weighted by Crippen LogP contribution is -2.03. The van der Waals surface area contributed by atoms with Crippen molar-refractivity contribution in [1.82, 2.24) is 0 Å². The molecule has 62 valence electrons. The SMILES string of the molecule is CCC1=COc2ccccc2O1. The third-order valence-electron chi connectivity index (χ3n) is 1.76. The third-order valence-corrected chi connectivity index (χ3v) is 1.76. The highest BCUT2D eigenvalue weighted by molar-refractivity contribution is 5.42. The van der Waals surface area contributed by atoms with Gasteiger partial charge in [0.1, 0.15) is 12.0 Å². The monoisotopic (exact) mass is 162 g/mol. The van der Waals surface area contributed by atoms with Crippen LogP contribution in [0.3, 0.4) is 0 Å². The van der Waals surface area contributed by atoms with E-state index >= 15 is 0 Å². The molecule has 2 heteroatoms. The molecule has 0 unspecified atom stereocenters. The molecule has 0 radical (unpaired) electrons. The first-order chi connectivity index (χ1) is 5.90. The van der Waals surface area contributed by atoms with Crippen molar-refractivity contribution in [3.63, 3.8) is 0 Å². The molecule has 12 heavy (non-hydrogen) atoms. The van der Waals surface area contributed by atoms with Gasteiger partial charge < -0.3 is 9.47 Å². The molecule has 0 fully saturated rings. The van der Waals surface area contributed by atoms with E-state index in [4.69, 9.17) is 9.47 Å². The quantitative estimate of drug-likeness (QED) is 0.632. The second kappa shape index (κ2) is 2.89. The summed E-state index contributed by atoms with van der Waals surface area (Å²) in [5.74, 6) is 2.46. The highest BCUT2D eigenvalue weighted by Crippen LogP contribution is 2.32. The molecule has 2 rings (SSSR count). The van der Waals surface area contributed by atoms with E-state index in [1.807, 2.05) is 31.2 Å². The highest BCUT2D eigenvalue weighted by Gasteiger charge is 2.10. The van der Waals surface area contributed by atoms with Gasteiger partial charge in [-0.05, 0) is 12.1 Å². The van der Waals surface area contributed by atoms with Gasteiger partial charge >= 0.3 is 0 Å². The first-order valence-corrected chi connectivity index (χ1v) is 4.02. The maximum absolute atomic E-state index is 5.52. The molecular weight excluding hydrogens is 152 g/mol. The van der Waals surface area contributed by atoms with Crippen molar-refractivity contribution in [2.24, 2.45) is 0 Å². The van der Waals surface area contributed by atoms with Crippen LogP contribution in [0.5, 0.6) is 11.5 Å². The fourth-order valence-corrected chi connectivity index (χ4v) is 1.08. The minimum absolute atomic E-state index is 0.787. The summed E-state index contributed by atoms with van der Waals surface area (Å²) < 4.78 is 10.9. The highest BCUT2D eigenvalue weighted by atomic mass is 16.6. The second-order valence-electron chi connectivity index (χ2n) is 2.60. The minimum atomic E-state index is 0.787. The Morgan fingerprint density at radius 3 is 2.67 bits per heavy atom. The van der Waals surface area contributed by atoms with Gasteiger partial charge in [0.2, 0.25) is 0 Å². The summed E-state index contributed by atoms with van der Waals surface area (Å²) >= 11 is 0. The Kier molecular flexibility index (Phi) is 1.74. The maximum atomic E-state index is 5.52. The van der Waals surface area contributed by atoms with Crippen LogP contribution in [-0.2, 0) is 0 Å². The largest absolute Gasteiger partial charge is 0.458 e. The van der Waals surface area contributed by atoms with Crippen molar-refractivity contribution in [3.8, 4) is 11.5 Å². The van der Waals surface area contributed by atoms with Gasteiger partial charge in [-0.15, -0.1) is 0 Å². The van der Waals surface area contributed by atoms with Gasteiger partial charge in [0.05, 0.1) is 0 Å². The first kappa shape index (κ1) is 7.22. The van der Waals surface area contributed by atoms with E-state index in [1.165, 1.54) is 0 Å². The second-order valence-corrected chi connectivity index (χ2v) is 2.60. The maximum Gasteiger partial charge on any atom is 0.169 e. The zero-order valence-corrected chi connectivity index (χ0v) is 6.91. The van der Waals surface area contributed by atoms with Crippen molar-refractivity contribution in [2.45, 2.75) is 13.3 Å². The average Bonchev–Trinajstić information content (AvgIpc) is 2.17. The lowest BCUT2D eigenvalue weighted by Gasteiger charge is -2.16. The van der Waals surface area contributed by atoms with Gasteiger partial charge in [-0.2, -0.15) is 0 Å². The fraction of sp³-hybridized carbons (Fsp3) is 0.200. The number of fused-ring (bicyclic) bond motifs is 1. The number of allylic oxidation sites excluding steroid dienone is 1. The van der Waals surface area contributed by atoms with E-state index in [-0.39, 0.29) is 0 Å². The third kappa shape index (κ3) is 1.16. The van der Waals surface area contributed by atoms with E-state index in [2.05, 4.69) is 0 Å². The lowest BCUT2D eigenvalue weighted by atomic mass is 10.3.